The molecule has 2 rings (SSSR count). The van der Waals surface area contributed by atoms with Gasteiger partial charge in [-0.1, -0.05) is 12.8 Å². The molecular weight excluding hydrogens is 258 g/mol. The number of aliphatic hydroxyl groups excluding tert-OH is 1. The molecule has 1 unspecified atom stereocenters. The van der Waals surface area contributed by atoms with Gasteiger partial charge in [-0.2, -0.15) is 0 Å². The third-order valence-electron chi connectivity index (χ3n) is 4.91. The van der Waals surface area contributed by atoms with Gasteiger partial charge < -0.3 is 15.1 Å². The highest BCUT2D eigenvalue weighted by Gasteiger charge is 2.44. The average molecular weight is 283 g/mol. The zero-order valence-electron chi connectivity index (χ0n) is 12.0. The number of carbonyl (C=O) groups excluding carboxylic acids is 1. The normalized spacial score (nSPS) is 25.6. The topological polar surface area (TPSA) is 77.8 Å². The molecule has 0 aromatic carbocycles. The van der Waals surface area contributed by atoms with Crippen LogP contribution in [0.15, 0.2) is 0 Å². The number of likely N-dealkylation sites (tertiary alicyclic amines) is 1. The third kappa shape index (κ3) is 3.14. The summed E-state index contributed by atoms with van der Waals surface area (Å²) in [6, 6.07) is 0.0912. The fourth-order valence-corrected chi connectivity index (χ4v) is 3.69. The van der Waals surface area contributed by atoms with E-state index in [1.807, 2.05) is 4.90 Å². The Kier molecular flexibility index (Phi) is 5.02. The molecule has 114 valence electrons. The molecule has 2 N–H and O–H groups in total. The summed E-state index contributed by atoms with van der Waals surface area (Å²) in [6.07, 6.45) is 6.76. The summed E-state index contributed by atoms with van der Waals surface area (Å²) < 4.78 is 0. The predicted molar refractivity (Wildman–Crippen MR) is 74.2 cm³/mol. The van der Waals surface area contributed by atoms with Crippen molar-refractivity contribution in [2.24, 2.45) is 5.41 Å². The number of aliphatic carboxylic acids is 1. The van der Waals surface area contributed by atoms with Gasteiger partial charge in [0, 0.05) is 25.6 Å². The van der Waals surface area contributed by atoms with Crippen LogP contribution in [0, 0.1) is 5.41 Å². The Morgan fingerprint density at radius 3 is 2.45 bits per heavy atom. The molecule has 1 aliphatic heterocycles. The van der Waals surface area contributed by atoms with Gasteiger partial charge in [-0.25, -0.2) is 0 Å². The van der Waals surface area contributed by atoms with Crippen molar-refractivity contribution in [2.75, 3.05) is 13.2 Å². The van der Waals surface area contributed by atoms with Crippen molar-refractivity contribution in [2.45, 2.75) is 63.8 Å². The second kappa shape index (κ2) is 6.57. The summed E-state index contributed by atoms with van der Waals surface area (Å²) in [6.45, 7) is 0.789. The van der Waals surface area contributed by atoms with Crippen molar-refractivity contribution >= 4 is 11.9 Å². The third-order valence-corrected chi connectivity index (χ3v) is 4.91. The van der Waals surface area contributed by atoms with Crippen LogP contribution in [0.5, 0.6) is 0 Å². The van der Waals surface area contributed by atoms with Crippen LogP contribution in [0.4, 0.5) is 0 Å². The maximum Gasteiger partial charge on any atom is 0.310 e. The van der Waals surface area contributed by atoms with Crippen molar-refractivity contribution < 1.29 is 19.8 Å². The Bertz CT molecular complexity index is 361. The molecule has 1 heterocycles. The Hall–Kier alpha value is -1.10. The zero-order valence-corrected chi connectivity index (χ0v) is 12.0. The summed E-state index contributed by atoms with van der Waals surface area (Å²) >= 11 is 0. The number of hydrogen-bond acceptors (Lipinski definition) is 3. The number of carboxylic acids is 1. The SMILES string of the molecule is O=C(CC1(C(=O)O)CCCC1)N1CCCCC1CCO. The first-order valence-electron chi connectivity index (χ1n) is 7.73. The maximum absolute atomic E-state index is 12.5. The van der Waals surface area contributed by atoms with Gasteiger partial charge in [-0.3, -0.25) is 9.59 Å². The number of rotatable bonds is 5. The molecule has 5 nitrogen and oxygen atoms in total. The lowest BCUT2D eigenvalue weighted by molar-refractivity contribution is -0.154. The molecule has 5 heteroatoms. The lowest BCUT2D eigenvalue weighted by Crippen LogP contribution is -2.46. The Balaban J connectivity index is 2.03. The van der Waals surface area contributed by atoms with Crippen LogP contribution in [0.25, 0.3) is 0 Å². The lowest BCUT2D eigenvalue weighted by atomic mass is 9.82. The fourth-order valence-electron chi connectivity index (χ4n) is 3.69. The van der Waals surface area contributed by atoms with Crippen LogP contribution in [0.2, 0.25) is 0 Å². The fraction of sp³-hybridized carbons (Fsp3) is 0.867. The smallest absolute Gasteiger partial charge is 0.310 e. The van der Waals surface area contributed by atoms with Gasteiger partial charge in [0.25, 0.3) is 0 Å². The van der Waals surface area contributed by atoms with Gasteiger partial charge in [0.15, 0.2) is 0 Å². The van der Waals surface area contributed by atoms with E-state index in [9.17, 15) is 14.7 Å². The number of amides is 1. The van der Waals surface area contributed by atoms with Gasteiger partial charge in [0.05, 0.1) is 5.41 Å². The predicted octanol–water partition coefficient (Wildman–Crippen LogP) is 1.78. The van der Waals surface area contributed by atoms with Gasteiger partial charge in [-0.15, -0.1) is 0 Å². The Morgan fingerprint density at radius 1 is 1.15 bits per heavy atom. The molecule has 1 atom stereocenters. The van der Waals surface area contributed by atoms with Crippen molar-refractivity contribution in [3.8, 4) is 0 Å². The highest BCUT2D eigenvalue weighted by molar-refractivity contribution is 5.85. The van der Waals surface area contributed by atoms with E-state index in [4.69, 9.17) is 5.11 Å². The van der Waals surface area contributed by atoms with Crippen molar-refractivity contribution in [3.63, 3.8) is 0 Å². The molecule has 1 amide bonds. The molecule has 0 bridgehead atoms. The molecule has 1 saturated carbocycles. The Labute approximate surface area is 120 Å². The first kappa shape index (κ1) is 15.3. The zero-order chi connectivity index (χ0) is 14.6. The number of carboxylic acid groups (broad SMARTS) is 1. The molecule has 0 aromatic rings. The number of nitrogens with zero attached hydrogens (tertiary/aromatic N) is 1. The van der Waals surface area contributed by atoms with Crippen LogP contribution >= 0.6 is 0 Å². The van der Waals surface area contributed by atoms with Crippen LogP contribution in [-0.2, 0) is 9.59 Å². The molecule has 0 aromatic heterocycles. The monoisotopic (exact) mass is 283 g/mol. The van der Waals surface area contributed by atoms with E-state index in [0.717, 1.165) is 32.1 Å². The van der Waals surface area contributed by atoms with E-state index in [2.05, 4.69) is 0 Å². The highest BCUT2D eigenvalue weighted by atomic mass is 16.4. The quantitative estimate of drug-likeness (QED) is 0.806. The molecule has 2 fully saturated rings. The lowest BCUT2D eigenvalue weighted by Gasteiger charge is -2.37. The van der Waals surface area contributed by atoms with E-state index in [1.165, 1.54) is 0 Å². The second-order valence-electron chi connectivity index (χ2n) is 6.22. The van der Waals surface area contributed by atoms with Crippen molar-refractivity contribution in [1.29, 1.82) is 0 Å². The van der Waals surface area contributed by atoms with E-state index in [-0.39, 0.29) is 25.0 Å². The van der Waals surface area contributed by atoms with E-state index in [0.29, 0.717) is 25.8 Å². The van der Waals surface area contributed by atoms with E-state index >= 15 is 0 Å². The number of aliphatic hydroxyl groups is 1. The first-order chi connectivity index (χ1) is 9.59. The van der Waals surface area contributed by atoms with E-state index < -0.39 is 11.4 Å². The molecular formula is C15H25NO4. The van der Waals surface area contributed by atoms with Gasteiger partial charge in [0.1, 0.15) is 0 Å². The van der Waals surface area contributed by atoms with Crippen LogP contribution in [-0.4, -0.2) is 46.2 Å². The summed E-state index contributed by atoms with van der Waals surface area (Å²) in [5.41, 5.74) is -0.835. The summed E-state index contributed by atoms with van der Waals surface area (Å²) in [4.78, 5) is 25.9. The van der Waals surface area contributed by atoms with Crippen molar-refractivity contribution in [3.05, 3.63) is 0 Å². The number of carbonyl (C=O) groups is 2. The summed E-state index contributed by atoms with van der Waals surface area (Å²) in [5, 5.41) is 18.6. The first-order valence-corrected chi connectivity index (χ1v) is 7.73. The number of hydrogen-bond donors (Lipinski definition) is 2. The van der Waals surface area contributed by atoms with Gasteiger partial charge in [-0.05, 0) is 38.5 Å². The van der Waals surface area contributed by atoms with E-state index in [1.54, 1.807) is 0 Å². The van der Waals surface area contributed by atoms with Crippen LogP contribution in [0.1, 0.15) is 57.8 Å². The molecule has 0 spiro atoms. The standard InChI is InChI=1S/C15H25NO4/c17-10-6-12-5-1-4-9-16(12)13(18)11-15(14(19)20)7-2-3-8-15/h12,17H,1-11H2,(H,19,20). The maximum atomic E-state index is 12.5. The molecule has 1 saturated heterocycles. The molecule has 1 aliphatic carbocycles. The largest absolute Gasteiger partial charge is 0.481 e. The minimum atomic E-state index is -0.835. The van der Waals surface area contributed by atoms with Crippen molar-refractivity contribution in [1.82, 2.24) is 4.90 Å². The highest BCUT2D eigenvalue weighted by Crippen LogP contribution is 2.42. The minimum Gasteiger partial charge on any atom is -0.481 e. The van der Waals surface area contributed by atoms with Crippen LogP contribution in [0.3, 0.4) is 0 Å². The molecule has 0 radical (unpaired) electrons. The Morgan fingerprint density at radius 2 is 1.85 bits per heavy atom. The van der Waals surface area contributed by atoms with Gasteiger partial charge >= 0.3 is 5.97 Å². The van der Waals surface area contributed by atoms with Gasteiger partial charge in [0.2, 0.25) is 5.91 Å². The minimum absolute atomic E-state index is 0.0348. The summed E-state index contributed by atoms with van der Waals surface area (Å²) in [7, 11) is 0. The average Bonchev–Trinajstić information content (AvgIpc) is 2.89. The van der Waals surface area contributed by atoms with Crippen LogP contribution < -0.4 is 0 Å². The second-order valence-corrected chi connectivity index (χ2v) is 6.22. The number of piperidine rings is 1. The summed E-state index contributed by atoms with van der Waals surface area (Å²) in [5.74, 6) is -0.855. The molecule has 2 aliphatic rings. The molecule has 20 heavy (non-hydrogen) atoms.